The van der Waals surface area contributed by atoms with E-state index in [0.29, 0.717) is 5.69 Å². The van der Waals surface area contributed by atoms with E-state index in [9.17, 15) is 18.0 Å². The molecule has 0 spiro atoms. The molecular formula is C11H12ClF3N2O. The lowest BCUT2D eigenvalue weighted by molar-refractivity contribution is -0.136. The summed E-state index contributed by atoms with van der Waals surface area (Å²) in [6.07, 6.45) is -5.36. The molecule has 3 nitrogen and oxygen atoms in total. The molecule has 1 aromatic rings. The lowest BCUT2D eigenvalue weighted by Crippen LogP contribution is -2.30. The zero-order chi connectivity index (χ0) is 13.9. The Bertz CT molecular complexity index is 448. The fourth-order valence-corrected chi connectivity index (χ4v) is 1.51. The molecule has 0 fully saturated rings. The Balaban J connectivity index is 2.77. The van der Waals surface area contributed by atoms with E-state index in [2.05, 4.69) is 0 Å². The van der Waals surface area contributed by atoms with Gasteiger partial charge in [-0.15, -0.1) is 0 Å². The normalized spacial score (nSPS) is 11.4. The second-order valence-electron chi connectivity index (χ2n) is 3.83. The number of halogens is 4. The number of hydrogen-bond acceptors (Lipinski definition) is 2. The van der Waals surface area contributed by atoms with Crippen molar-refractivity contribution in [1.29, 1.82) is 0 Å². The van der Waals surface area contributed by atoms with Crippen molar-refractivity contribution in [3.05, 3.63) is 28.8 Å². The van der Waals surface area contributed by atoms with Crippen LogP contribution < -0.4 is 5.73 Å². The summed E-state index contributed by atoms with van der Waals surface area (Å²) in [5.41, 5.74) is 5.92. The highest BCUT2D eigenvalue weighted by Crippen LogP contribution is 2.22. The van der Waals surface area contributed by atoms with Crippen LogP contribution in [0, 0.1) is 0 Å². The van der Waals surface area contributed by atoms with Crippen molar-refractivity contribution < 1.29 is 18.0 Å². The molecule has 0 saturated heterocycles. The topological polar surface area (TPSA) is 46.3 Å². The molecule has 1 rings (SSSR count). The summed E-state index contributed by atoms with van der Waals surface area (Å²) < 4.78 is 36.1. The molecule has 18 heavy (non-hydrogen) atoms. The average molecular weight is 281 g/mol. The van der Waals surface area contributed by atoms with Gasteiger partial charge in [0.2, 0.25) is 0 Å². The highest BCUT2D eigenvalue weighted by Gasteiger charge is 2.28. The smallest absolute Gasteiger partial charge is 0.390 e. The minimum Gasteiger partial charge on any atom is -0.399 e. The molecule has 0 aromatic heterocycles. The first-order valence-electron chi connectivity index (χ1n) is 5.08. The third-order valence-electron chi connectivity index (χ3n) is 2.30. The minimum absolute atomic E-state index is 0.0985. The summed E-state index contributed by atoms with van der Waals surface area (Å²) in [7, 11) is 1.29. The van der Waals surface area contributed by atoms with Crippen molar-refractivity contribution in [1.82, 2.24) is 4.90 Å². The summed E-state index contributed by atoms with van der Waals surface area (Å²) in [5.74, 6) is -0.587. The van der Waals surface area contributed by atoms with Gasteiger partial charge in [-0.25, -0.2) is 0 Å². The van der Waals surface area contributed by atoms with Gasteiger partial charge in [-0.05, 0) is 18.2 Å². The minimum atomic E-state index is -4.30. The van der Waals surface area contributed by atoms with Crippen molar-refractivity contribution in [2.24, 2.45) is 0 Å². The van der Waals surface area contributed by atoms with Gasteiger partial charge in [0.25, 0.3) is 5.91 Å². The molecule has 0 aliphatic rings. The molecule has 0 atom stereocenters. The molecule has 0 saturated carbocycles. The van der Waals surface area contributed by atoms with Gasteiger partial charge in [-0.2, -0.15) is 13.2 Å². The first-order valence-corrected chi connectivity index (χ1v) is 5.46. The maximum atomic E-state index is 12.0. The number of rotatable bonds is 3. The molecule has 7 heteroatoms. The number of nitrogens with two attached hydrogens (primary N) is 1. The Morgan fingerprint density at radius 3 is 2.61 bits per heavy atom. The molecule has 0 heterocycles. The quantitative estimate of drug-likeness (QED) is 0.865. The fourth-order valence-electron chi connectivity index (χ4n) is 1.31. The number of carbonyl (C=O) groups is 1. The van der Waals surface area contributed by atoms with Crippen LogP contribution in [0.2, 0.25) is 5.02 Å². The highest BCUT2D eigenvalue weighted by molar-refractivity contribution is 6.33. The zero-order valence-electron chi connectivity index (χ0n) is 9.59. The highest BCUT2D eigenvalue weighted by atomic mass is 35.5. The van der Waals surface area contributed by atoms with Crippen molar-refractivity contribution >= 4 is 23.2 Å². The molecular weight excluding hydrogens is 269 g/mol. The Kier molecular flexibility index (Phi) is 4.45. The monoisotopic (exact) mass is 280 g/mol. The number of benzene rings is 1. The molecule has 0 aliphatic heterocycles. The number of nitrogen functional groups attached to an aromatic ring is 1. The van der Waals surface area contributed by atoms with Crippen molar-refractivity contribution in [2.75, 3.05) is 19.3 Å². The van der Waals surface area contributed by atoms with E-state index < -0.39 is 25.0 Å². The number of carbonyl (C=O) groups excluding carboxylic acids is 1. The maximum absolute atomic E-state index is 12.0. The summed E-state index contributed by atoms with van der Waals surface area (Å²) in [6.45, 7) is -0.423. The maximum Gasteiger partial charge on any atom is 0.390 e. The summed E-state index contributed by atoms with van der Waals surface area (Å²) in [6, 6.07) is 4.28. The van der Waals surface area contributed by atoms with Crippen molar-refractivity contribution in [3.8, 4) is 0 Å². The lowest BCUT2D eigenvalue weighted by atomic mass is 10.1. The van der Waals surface area contributed by atoms with Crippen LogP contribution in [0.1, 0.15) is 16.8 Å². The van der Waals surface area contributed by atoms with Gasteiger partial charge in [0.05, 0.1) is 17.0 Å². The van der Waals surface area contributed by atoms with E-state index in [1.54, 1.807) is 0 Å². The third-order valence-corrected chi connectivity index (χ3v) is 2.63. The van der Waals surface area contributed by atoms with Crippen LogP contribution >= 0.6 is 11.6 Å². The first kappa shape index (κ1) is 14.6. The van der Waals surface area contributed by atoms with Gasteiger partial charge < -0.3 is 10.6 Å². The van der Waals surface area contributed by atoms with Crippen molar-refractivity contribution in [2.45, 2.75) is 12.6 Å². The SMILES string of the molecule is CN(CCC(F)(F)F)C(=O)c1cc(N)ccc1Cl. The van der Waals surface area contributed by atoms with E-state index in [4.69, 9.17) is 17.3 Å². The number of hydrogen-bond donors (Lipinski definition) is 1. The van der Waals surface area contributed by atoms with E-state index in [0.717, 1.165) is 4.90 Å². The number of amides is 1. The van der Waals surface area contributed by atoms with Crippen LogP contribution in [0.25, 0.3) is 0 Å². The molecule has 1 aromatic carbocycles. The van der Waals surface area contributed by atoms with Crippen LogP contribution in [-0.4, -0.2) is 30.6 Å². The molecule has 0 bridgehead atoms. The lowest BCUT2D eigenvalue weighted by Gasteiger charge is -2.19. The van der Waals surface area contributed by atoms with Crippen LogP contribution in [0.15, 0.2) is 18.2 Å². The predicted octanol–water partition coefficient (Wildman–Crippen LogP) is 2.95. The molecule has 0 aliphatic carbocycles. The molecule has 0 radical (unpaired) electrons. The Morgan fingerprint density at radius 1 is 1.44 bits per heavy atom. The van der Waals surface area contributed by atoms with Crippen LogP contribution in [0.4, 0.5) is 18.9 Å². The number of alkyl halides is 3. The first-order chi connectivity index (χ1) is 8.20. The van der Waals surface area contributed by atoms with Crippen LogP contribution in [-0.2, 0) is 0 Å². The van der Waals surface area contributed by atoms with E-state index >= 15 is 0 Å². The van der Waals surface area contributed by atoms with Gasteiger partial charge in [0.15, 0.2) is 0 Å². The largest absolute Gasteiger partial charge is 0.399 e. The van der Waals surface area contributed by atoms with E-state index in [1.165, 1.54) is 25.2 Å². The Labute approximate surface area is 107 Å². The van der Waals surface area contributed by atoms with E-state index in [-0.39, 0.29) is 10.6 Å². The van der Waals surface area contributed by atoms with Crippen LogP contribution in [0.5, 0.6) is 0 Å². The number of anilines is 1. The molecule has 100 valence electrons. The molecule has 0 unspecified atom stereocenters. The Morgan fingerprint density at radius 2 is 2.06 bits per heavy atom. The van der Waals surface area contributed by atoms with Gasteiger partial charge in [-0.1, -0.05) is 11.6 Å². The van der Waals surface area contributed by atoms with Crippen LogP contribution in [0.3, 0.4) is 0 Å². The average Bonchev–Trinajstić information content (AvgIpc) is 2.27. The third kappa shape index (κ3) is 4.10. The summed E-state index contributed by atoms with van der Waals surface area (Å²) in [5, 5.41) is 0.160. The second-order valence-corrected chi connectivity index (χ2v) is 4.24. The standard InChI is InChI=1S/C11H12ClF3N2O/c1-17(5-4-11(13,14)15)10(18)8-6-7(16)2-3-9(8)12/h2-3,6H,4-5,16H2,1H3. The molecule has 1 amide bonds. The van der Waals surface area contributed by atoms with Gasteiger partial charge >= 0.3 is 6.18 Å². The van der Waals surface area contributed by atoms with Gasteiger partial charge in [-0.3, -0.25) is 4.79 Å². The van der Waals surface area contributed by atoms with Gasteiger partial charge in [0, 0.05) is 19.3 Å². The predicted molar refractivity (Wildman–Crippen MR) is 63.5 cm³/mol. The summed E-state index contributed by atoms with van der Waals surface area (Å²) >= 11 is 5.80. The van der Waals surface area contributed by atoms with Crippen molar-refractivity contribution in [3.63, 3.8) is 0 Å². The Hall–Kier alpha value is -1.43. The van der Waals surface area contributed by atoms with E-state index in [1.807, 2.05) is 0 Å². The van der Waals surface area contributed by atoms with Gasteiger partial charge in [0.1, 0.15) is 0 Å². The summed E-state index contributed by atoms with van der Waals surface area (Å²) in [4.78, 5) is 12.8. The molecule has 2 N–H and O–H groups in total. The number of nitrogens with zero attached hydrogens (tertiary/aromatic N) is 1. The zero-order valence-corrected chi connectivity index (χ0v) is 10.3. The second kappa shape index (κ2) is 5.48. The fraction of sp³-hybridized carbons (Fsp3) is 0.364.